The number of carbonyl (C=O) groups is 2. The zero-order valence-corrected chi connectivity index (χ0v) is 11.9. The van der Waals surface area contributed by atoms with Gasteiger partial charge >= 0.3 is 0 Å². The standard InChI is InChI=1S/C17H15N3O2/c18-10-9-16(21)19-14-7-4-8-15(12-14)20-17(22)11-13-5-2-1-3-6-13/h1-8,12H,9,11H2,(H,19,21)(H,20,22). The summed E-state index contributed by atoms with van der Waals surface area (Å²) < 4.78 is 0. The smallest absolute Gasteiger partial charge is 0.238 e. The topological polar surface area (TPSA) is 82.0 Å². The Labute approximate surface area is 128 Å². The van der Waals surface area contributed by atoms with Gasteiger partial charge in [0, 0.05) is 11.4 Å². The molecule has 0 atom stereocenters. The van der Waals surface area contributed by atoms with Crippen molar-refractivity contribution >= 4 is 23.2 Å². The first-order valence-electron chi connectivity index (χ1n) is 6.78. The molecule has 0 spiro atoms. The van der Waals surface area contributed by atoms with Crippen molar-refractivity contribution in [3.05, 3.63) is 60.2 Å². The summed E-state index contributed by atoms with van der Waals surface area (Å²) in [6.45, 7) is 0. The summed E-state index contributed by atoms with van der Waals surface area (Å²) in [5, 5.41) is 13.8. The van der Waals surface area contributed by atoms with E-state index in [1.54, 1.807) is 30.3 Å². The van der Waals surface area contributed by atoms with Crippen molar-refractivity contribution in [3.63, 3.8) is 0 Å². The van der Waals surface area contributed by atoms with Gasteiger partial charge in [-0.3, -0.25) is 9.59 Å². The number of nitriles is 1. The van der Waals surface area contributed by atoms with Crippen LogP contribution >= 0.6 is 0 Å². The molecule has 0 aliphatic rings. The summed E-state index contributed by atoms with van der Waals surface area (Å²) in [5.74, 6) is -0.512. The Hall–Kier alpha value is -3.13. The predicted molar refractivity (Wildman–Crippen MR) is 84.1 cm³/mol. The van der Waals surface area contributed by atoms with Crippen molar-refractivity contribution in [1.82, 2.24) is 0 Å². The molecular weight excluding hydrogens is 278 g/mol. The molecule has 0 aliphatic carbocycles. The van der Waals surface area contributed by atoms with Gasteiger partial charge in [0.15, 0.2) is 0 Å². The van der Waals surface area contributed by atoms with E-state index in [4.69, 9.17) is 5.26 Å². The molecule has 2 aromatic rings. The minimum Gasteiger partial charge on any atom is -0.326 e. The normalized spacial score (nSPS) is 9.59. The van der Waals surface area contributed by atoms with Gasteiger partial charge in [-0.2, -0.15) is 5.26 Å². The third-order valence-electron chi connectivity index (χ3n) is 2.88. The maximum Gasteiger partial charge on any atom is 0.238 e. The van der Waals surface area contributed by atoms with Crippen molar-refractivity contribution in [1.29, 1.82) is 5.26 Å². The molecule has 0 fully saturated rings. The van der Waals surface area contributed by atoms with Crippen LogP contribution in [0.3, 0.4) is 0 Å². The van der Waals surface area contributed by atoms with Crippen LogP contribution in [0, 0.1) is 11.3 Å². The lowest BCUT2D eigenvalue weighted by molar-refractivity contribution is -0.116. The molecule has 5 heteroatoms. The molecule has 110 valence electrons. The van der Waals surface area contributed by atoms with Crippen LogP contribution in [0.1, 0.15) is 12.0 Å². The van der Waals surface area contributed by atoms with Crippen molar-refractivity contribution in [2.75, 3.05) is 10.6 Å². The third kappa shape index (κ3) is 4.76. The fraction of sp³-hybridized carbons (Fsp3) is 0.118. The van der Waals surface area contributed by atoms with Gasteiger partial charge in [-0.15, -0.1) is 0 Å². The Bertz CT molecular complexity index is 705. The molecule has 0 bridgehead atoms. The minimum absolute atomic E-state index is 0.133. The summed E-state index contributed by atoms with van der Waals surface area (Å²) in [5.41, 5.74) is 2.06. The van der Waals surface area contributed by atoms with Gasteiger partial charge in [-0.25, -0.2) is 0 Å². The van der Waals surface area contributed by atoms with Crippen LogP contribution < -0.4 is 10.6 Å². The molecule has 5 nitrogen and oxygen atoms in total. The molecule has 0 radical (unpaired) electrons. The Morgan fingerprint density at radius 3 is 2.18 bits per heavy atom. The van der Waals surface area contributed by atoms with Crippen LogP contribution in [-0.2, 0) is 16.0 Å². The Balaban J connectivity index is 1.97. The summed E-state index contributed by atoms with van der Waals surface area (Å²) in [6, 6.07) is 18.0. The third-order valence-corrected chi connectivity index (χ3v) is 2.88. The zero-order chi connectivity index (χ0) is 15.8. The number of nitrogens with zero attached hydrogens (tertiary/aromatic N) is 1. The van der Waals surface area contributed by atoms with E-state index in [0.29, 0.717) is 11.4 Å². The molecular formula is C17H15N3O2. The predicted octanol–water partition coefficient (Wildman–Crippen LogP) is 2.72. The highest BCUT2D eigenvalue weighted by molar-refractivity contribution is 5.95. The molecule has 0 heterocycles. The summed E-state index contributed by atoms with van der Waals surface area (Å²) >= 11 is 0. The Morgan fingerprint density at radius 2 is 1.55 bits per heavy atom. The van der Waals surface area contributed by atoms with Crippen LogP contribution in [0.4, 0.5) is 11.4 Å². The maximum absolute atomic E-state index is 12.0. The largest absolute Gasteiger partial charge is 0.326 e. The molecule has 22 heavy (non-hydrogen) atoms. The second kappa shape index (κ2) is 7.60. The second-order valence-electron chi connectivity index (χ2n) is 4.67. The highest BCUT2D eigenvalue weighted by Gasteiger charge is 2.06. The fourth-order valence-corrected chi connectivity index (χ4v) is 1.94. The lowest BCUT2D eigenvalue weighted by Gasteiger charge is -2.08. The average Bonchev–Trinajstić information content (AvgIpc) is 2.48. The number of rotatable bonds is 5. The van der Waals surface area contributed by atoms with Crippen molar-refractivity contribution in [2.45, 2.75) is 12.8 Å². The summed E-state index contributed by atoms with van der Waals surface area (Å²) in [7, 11) is 0. The lowest BCUT2D eigenvalue weighted by atomic mass is 10.1. The lowest BCUT2D eigenvalue weighted by Crippen LogP contribution is -2.15. The highest BCUT2D eigenvalue weighted by Crippen LogP contribution is 2.15. The molecule has 0 aliphatic heterocycles. The zero-order valence-electron chi connectivity index (χ0n) is 11.9. The molecule has 0 unspecified atom stereocenters. The van der Waals surface area contributed by atoms with E-state index >= 15 is 0 Å². The number of hydrogen-bond donors (Lipinski definition) is 2. The van der Waals surface area contributed by atoms with Gasteiger partial charge < -0.3 is 10.6 Å². The first kappa shape index (κ1) is 15.3. The van der Waals surface area contributed by atoms with Crippen molar-refractivity contribution in [2.24, 2.45) is 0 Å². The summed E-state index contributed by atoms with van der Waals surface area (Å²) in [6.07, 6.45) is 0.0798. The molecule has 0 saturated carbocycles. The van der Waals surface area contributed by atoms with E-state index < -0.39 is 0 Å². The Kier molecular flexibility index (Phi) is 5.27. The highest BCUT2D eigenvalue weighted by atomic mass is 16.2. The fourth-order valence-electron chi connectivity index (χ4n) is 1.94. The van der Waals surface area contributed by atoms with Crippen molar-refractivity contribution < 1.29 is 9.59 Å². The van der Waals surface area contributed by atoms with E-state index in [-0.39, 0.29) is 24.7 Å². The van der Waals surface area contributed by atoms with Gasteiger partial charge in [0.2, 0.25) is 11.8 Å². The molecule has 0 aromatic heterocycles. The van der Waals surface area contributed by atoms with Gasteiger partial charge in [-0.1, -0.05) is 36.4 Å². The van der Waals surface area contributed by atoms with Crippen molar-refractivity contribution in [3.8, 4) is 6.07 Å². The minimum atomic E-state index is -0.379. The van der Waals surface area contributed by atoms with Crippen LogP contribution in [0.2, 0.25) is 0 Å². The first-order chi connectivity index (χ1) is 10.7. The number of hydrogen-bond acceptors (Lipinski definition) is 3. The van der Waals surface area contributed by atoms with Gasteiger partial charge in [0.05, 0.1) is 12.5 Å². The summed E-state index contributed by atoms with van der Waals surface area (Å²) in [4.78, 5) is 23.3. The number of benzene rings is 2. The monoisotopic (exact) mass is 293 g/mol. The van der Waals surface area contributed by atoms with Crippen LogP contribution in [0.15, 0.2) is 54.6 Å². The molecule has 2 N–H and O–H groups in total. The number of anilines is 2. The second-order valence-corrected chi connectivity index (χ2v) is 4.67. The van der Waals surface area contributed by atoms with Crippen LogP contribution in [0.5, 0.6) is 0 Å². The van der Waals surface area contributed by atoms with Crippen LogP contribution in [-0.4, -0.2) is 11.8 Å². The van der Waals surface area contributed by atoms with E-state index in [9.17, 15) is 9.59 Å². The first-order valence-corrected chi connectivity index (χ1v) is 6.78. The van der Waals surface area contributed by atoms with E-state index in [0.717, 1.165) is 5.56 Å². The van der Waals surface area contributed by atoms with Crippen LogP contribution in [0.25, 0.3) is 0 Å². The number of nitrogens with one attached hydrogen (secondary N) is 2. The quantitative estimate of drug-likeness (QED) is 0.889. The molecule has 2 aromatic carbocycles. The number of carbonyl (C=O) groups excluding carboxylic acids is 2. The Morgan fingerprint density at radius 1 is 0.909 bits per heavy atom. The molecule has 0 saturated heterocycles. The van der Waals surface area contributed by atoms with E-state index in [2.05, 4.69) is 10.6 Å². The molecule has 2 rings (SSSR count). The SMILES string of the molecule is N#CCC(=O)Nc1cccc(NC(=O)Cc2ccccc2)c1. The van der Waals surface area contributed by atoms with E-state index in [1.165, 1.54) is 0 Å². The average molecular weight is 293 g/mol. The van der Waals surface area contributed by atoms with Gasteiger partial charge in [-0.05, 0) is 23.8 Å². The van der Waals surface area contributed by atoms with Gasteiger partial charge in [0.25, 0.3) is 0 Å². The number of amides is 2. The maximum atomic E-state index is 12.0. The molecule has 2 amide bonds. The van der Waals surface area contributed by atoms with Gasteiger partial charge in [0.1, 0.15) is 6.42 Å². The van der Waals surface area contributed by atoms with E-state index in [1.807, 2.05) is 30.3 Å².